The lowest BCUT2D eigenvalue weighted by atomic mass is 10.2. The lowest BCUT2D eigenvalue weighted by Crippen LogP contribution is -1.99. The Kier molecular flexibility index (Phi) is 10.4. The van der Waals surface area contributed by atoms with Gasteiger partial charge in [0.2, 0.25) is 0 Å². The van der Waals surface area contributed by atoms with Crippen LogP contribution in [-0.2, 0) is 9.59 Å². The molecule has 0 aliphatic rings. The summed E-state index contributed by atoms with van der Waals surface area (Å²) in [6.07, 6.45) is 3.12. The highest BCUT2D eigenvalue weighted by Crippen LogP contribution is 2.03. The van der Waals surface area contributed by atoms with Crippen LogP contribution in [0.2, 0.25) is 0 Å². The van der Waals surface area contributed by atoms with E-state index in [0.717, 1.165) is 6.42 Å². The number of hydrogen-bond acceptors (Lipinski definition) is 4. The van der Waals surface area contributed by atoms with Crippen molar-refractivity contribution in [1.29, 1.82) is 0 Å². The van der Waals surface area contributed by atoms with Crippen LogP contribution in [0.25, 0.3) is 0 Å². The molecule has 6 heteroatoms. The molecule has 0 saturated carbocycles. The van der Waals surface area contributed by atoms with Crippen molar-refractivity contribution in [2.75, 3.05) is 0 Å². The normalized spacial score (nSPS) is 12.1. The van der Waals surface area contributed by atoms with E-state index in [1.54, 1.807) is 6.92 Å². The van der Waals surface area contributed by atoms with Crippen LogP contribution in [0.1, 0.15) is 40.0 Å². The third-order valence-electron chi connectivity index (χ3n) is 1.93. The van der Waals surface area contributed by atoms with Crippen LogP contribution in [0.15, 0.2) is 23.2 Å². The van der Waals surface area contributed by atoms with Crippen LogP contribution in [0, 0.1) is 0 Å². The van der Waals surface area contributed by atoms with Crippen LogP contribution in [-0.4, -0.2) is 32.4 Å². The maximum absolute atomic E-state index is 10.1. The molecule has 0 aliphatic heterocycles. The molecule has 0 aromatic rings. The minimum atomic E-state index is -1.26. The van der Waals surface area contributed by atoms with Gasteiger partial charge in [-0.2, -0.15) is 0 Å². The molecule has 0 atom stereocenters. The van der Waals surface area contributed by atoms with Crippen molar-refractivity contribution in [2.24, 2.45) is 0 Å². The summed E-state index contributed by atoms with van der Waals surface area (Å²) in [5.41, 5.74) is 0.0255. The molecule has 104 valence electrons. The van der Waals surface area contributed by atoms with Gasteiger partial charge >= 0.3 is 11.9 Å². The summed E-state index contributed by atoms with van der Waals surface area (Å²) >= 11 is 0. The number of allylic oxidation sites excluding steroid dienone is 2. The highest BCUT2D eigenvalue weighted by atomic mass is 16.4. The van der Waals surface area contributed by atoms with Crippen LogP contribution < -0.4 is 0 Å². The summed E-state index contributed by atoms with van der Waals surface area (Å²) in [6, 6.07) is 0. The van der Waals surface area contributed by atoms with Gasteiger partial charge in [-0.3, -0.25) is 0 Å². The van der Waals surface area contributed by atoms with Crippen molar-refractivity contribution in [2.45, 2.75) is 40.0 Å². The summed E-state index contributed by atoms with van der Waals surface area (Å²) in [7, 11) is 0. The summed E-state index contributed by atoms with van der Waals surface area (Å²) in [4.78, 5) is 20.0. The predicted octanol–water partition coefficient (Wildman–Crippen LogP) is 2.63. The Morgan fingerprint density at radius 1 is 1.00 bits per heavy atom. The minimum Gasteiger partial charge on any atom is -0.512 e. The van der Waals surface area contributed by atoms with E-state index in [2.05, 4.69) is 0 Å². The fraction of sp³-hybridized carbons (Fsp3) is 0.500. The summed E-state index contributed by atoms with van der Waals surface area (Å²) in [5.74, 6) is -2.93. The first-order valence-corrected chi connectivity index (χ1v) is 5.52. The summed E-state index contributed by atoms with van der Waals surface area (Å²) < 4.78 is 0. The van der Waals surface area contributed by atoms with Crippen molar-refractivity contribution in [3.8, 4) is 0 Å². The van der Waals surface area contributed by atoms with E-state index in [1.165, 1.54) is 13.0 Å². The smallest absolute Gasteiger partial charge is 0.370 e. The average Bonchev–Trinajstić information content (AvgIpc) is 2.34. The molecule has 0 rings (SSSR count). The topological polar surface area (TPSA) is 115 Å². The molecular formula is C12H20O6. The fourth-order valence-electron chi connectivity index (χ4n) is 0.757. The summed E-state index contributed by atoms with van der Waals surface area (Å²) in [5, 5.41) is 33.7. The summed E-state index contributed by atoms with van der Waals surface area (Å²) in [6.45, 7) is 4.98. The lowest BCUT2D eigenvalue weighted by molar-refractivity contribution is -0.135. The van der Waals surface area contributed by atoms with E-state index in [-0.39, 0.29) is 11.3 Å². The molecule has 0 aliphatic carbocycles. The zero-order valence-corrected chi connectivity index (χ0v) is 10.8. The Morgan fingerprint density at radius 3 is 1.72 bits per heavy atom. The van der Waals surface area contributed by atoms with E-state index < -0.39 is 17.7 Å². The monoisotopic (exact) mass is 260 g/mol. The number of unbranched alkanes of at least 4 members (excludes halogenated alkanes) is 1. The number of carboxylic acid groups (broad SMARTS) is 2. The van der Waals surface area contributed by atoms with Gasteiger partial charge in [0.05, 0.1) is 5.57 Å². The molecule has 0 bridgehead atoms. The van der Waals surface area contributed by atoms with E-state index >= 15 is 0 Å². The molecule has 0 fully saturated rings. The third-order valence-corrected chi connectivity index (χ3v) is 1.93. The van der Waals surface area contributed by atoms with E-state index in [1.807, 2.05) is 6.92 Å². The average molecular weight is 260 g/mol. The van der Waals surface area contributed by atoms with Gasteiger partial charge in [0.15, 0.2) is 5.76 Å². The first kappa shape index (κ1) is 18.4. The van der Waals surface area contributed by atoms with Crippen molar-refractivity contribution in [3.05, 3.63) is 23.2 Å². The van der Waals surface area contributed by atoms with Gasteiger partial charge in [-0.25, -0.2) is 9.59 Å². The molecule has 0 aromatic heterocycles. The second-order valence-corrected chi connectivity index (χ2v) is 3.41. The molecular weight excluding hydrogens is 240 g/mol. The standard InChI is InChI=1S/2C6H10O3/c1-3-5(7)4(2)6(8)9;1-2-3-4-5(7)6(8)9/h7H,3H2,1-2H3,(H,8,9);4,7H,2-3H2,1H3,(H,8,9)/b5-4+;5-4-. The van der Waals surface area contributed by atoms with Crippen LogP contribution in [0.3, 0.4) is 0 Å². The van der Waals surface area contributed by atoms with Crippen LogP contribution >= 0.6 is 0 Å². The lowest BCUT2D eigenvalue weighted by Gasteiger charge is -1.95. The van der Waals surface area contributed by atoms with Crippen LogP contribution in [0.5, 0.6) is 0 Å². The number of hydrogen-bond donors (Lipinski definition) is 4. The van der Waals surface area contributed by atoms with Gasteiger partial charge in [-0.15, -0.1) is 0 Å². The van der Waals surface area contributed by atoms with Gasteiger partial charge < -0.3 is 20.4 Å². The number of aliphatic hydroxyl groups is 2. The molecule has 0 spiro atoms. The first-order valence-electron chi connectivity index (χ1n) is 5.52. The molecule has 0 radical (unpaired) electrons. The number of carbonyl (C=O) groups is 2. The van der Waals surface area contributed by atoms with Gasteiger partial charge in [-0.1, -0.05) is 20.3 Å². The highest BCUT2D eigenvalue weighted by molar-refractivity contribution is 5.86. The van der Waals surface area contributed by atoms with Gasteiger partial charge in [0.25, 0.3) is 0 Å². The van der Waals surface area contributed by atoms with Crippen molar-refractivity contribution in [1.82, 2.24) is 0 Å². The molecule has 0 aromatic carbocycles. The quantitative estimate of drug-likeness (QED) is 0.446. The van der Waals surface area contributed by atoms with E-state index in [0.29, 0.717) is 12.8 Å². The Balaban J connectivity index is 0. The van der Waals surface area contributed by atoms with Gasteiger partial charge in [0, 0.05) is 6.42 Å². The Morgan fingerprint density at radius 2 is 1.50 bits per heavy atom. The van der Waals surface area contributed by atoms with Crippen LogP contribution in [0.4, 0.5) is 0 Å². The maximum atomic E-state index is 10.1. The number of aliphatic carboxylic acids is 2. The molecule has 4 N–H and O–H groups in total. The second-order valence-electron chi connectivity index (χ2n) is 3.41. The van der Waals surface area contributed by atoms with E-state index in [4.69, 9.17) is 20.4 Å². The SMILES string of the molecule is CC/C(O)=C(/C)C(=O)O.CCC/C=C(\O)C(=O)O. The number of carboxylic acids is 2. The minimum absolute atomic E-state index is 0.0255. The van der Waals surface area contributed by atoms with Crippen molar-refractivity contribution < 1.29 is 30.0 Å². The number of rotatable bonds is 5. The third kappa shape index (κ3) is 9.26. The Labute approximate surface area is 106 Å². The predicted molar refractivity (Wildman–Crippen MR) is 66.5 cm³/mol. The zero-order valence-electron chi connectivity index (χ0n) is 10.8. The molecule has 0 saturated heterocycles. The van der Waals surface area contributed by atoms with Crippen molar-refractivity contribution >= 4 is 11.9 Å². The second kappa shape index (κ2) is 10.2. The molecule has 6 nitrogen and oxygen atoms in total. The number of aliphatic hydroxyl groups excluding tert-OH is 2. The highest BCUT2D eigenvalue weighted by Gasteiger charge is 2.04. The largest absolute Gasteiger partial charge is 0.512 e. The molecule has 0 heterocycles. The Bertz CT molecular complexity index is 340. The van der Waals surface area contributed by atoms with Gasteiger partial charge in [-0.05, 0) is 19.4 Å². The Hall–Kier alpha value is -1.98. The van der Waals surface area contributed by atoms with Gasteiger partial charge in [0.1, 0.15) is 5.76 Å². The fourth-order valence-corrected chi connectivity index (χ4v) is 0.757. The van der Waals surface area contributed by atoms with E-state index in [9.17, 15) is 9.59 Å². The van der Waals surface area contributed by atoms with Crippen molar-refractivity contribution in [3.63, 3.8) is 0 Å². The first-order chi connectivity index (χ1) is 8.27. The molecule has 18 heavy (non-hydrogen) atoms. The zero-order chi connectivity index (χ0) is 14.7. The molecule has 0 amide bonds. The maximum Gasteiger partial charge on any atom is 0.370 e. The molecule has 0 unspecified atom stereocenters.